The van der Waals surface area contributed by atoms with Crippen LogP contribution < -0.4 is 4.74 Å². The highest BCUT2D eigenvalue weighted by Crippen LogP contribution is 2.30. The molecule has 21 heavy (non-hydrogen) atoms. The number of halogens is 2. The normalized spacial score (nSPS) is 10.8. The molecular formula is C16H11Cl2NO2. The lowest BCUT2D eigenvalue weighted by Crippen LogP contribution is -2.01. The van der Waals surface area contributed by atoms with Crippen molar-refractivity contribution in [3.05, 3.63) is 63.8 Å². The van der Waals surface area contributed by atoms with Crippen molar-refractivity contribution in [2.45, 2.75) is 0 Å². The summed E-state index contributed by atoms with van der Waals surface area (Å²) in [4.78, 5) is 15.8. The van der Waals surface area contributed by atoms with Crippen LogP contribution in [0.15, 0.2) is 42.6 Å². The molecule has 5 heteroatoms. The minimum atomic E-state index is -0.179. The van der Waals surface area contributed by atoms with Crippen LogP contribution >= 0.6 is 23.2 Å². The van der Waals surface area contributed by atoms with Crippen LogP contribution in [0, 0.1) is 0 Å². The number of rotatable bonds is 3. The molecule has 0 unspecified atom stereocenters. The topological polar surface area (TPSA) is 42.1 Å². The van der Waals surface area contributed by atoms with Crippen LogP contribution in [-0.4, -0.2) is 17.9 Å². The predicted octanol–water partition coefficient (Wildman–Crippen LogP) is 4.71. The number of methoxy groups -OCH3 is 1. The van der Waals surface area contributed by atoms with Gasteiger partial charge in [-0.2, -0.15) is 0 Å². The molecule has 1 heterocycles. The zero-order chi connectivity index (χ0) is 15.0. The summed E-state index contributed by atoms with van der Waals surface area (Å²) >= 11 is 12.1. The van der Waals surface area contributed by atoms with Gasteiger partial charge < -0.3 is 9.72 Å². The van der Waals surface area contributed by atoms with Gasteiger partial charge in [0, 0.05) is 28.2 Å². The van der Waals surface area contributed by atoms with Gasteiger partial charge in [0.2, 0.25) is 0 Å². The first-order chi connectivity index (χ1) is 10.1. The fraction of sp³-hybridized carbons (Fsp3) is 0.0625. The zero-order valence-corrected chi connectivity index (χ0v) is 12.6. The van der Waals surface area contributed by atoms with Gasteiger partial charge in [-0.3, -0.25) is 4.79 Å². The number of ether oxygens (including phenoxy) is 1. The van der Waals surface area contributed by atoms with Crippen LogP contribution in [0.3, 0.4) is 0 Å². The van der Waals surface area contributed by atoms with Gasteiger partial charge in [-0.25, -0.2) is 0 Å². The van der Waals surface area contributed by atoms with Crippen molar-refractivity contribution in [2.24, 2.45) is 0 Å². The van der Waals surface area contributed by atoms with Crippen LogP contribution in [-0.2, 0) is 0 Å². The summed E-state index contributed by atoms with van der Waals surface area (Å²) in [5.41, 5.74) is 1.78. The van der Waals surface area contributed by atoms with Gasteiger partial charge in [0.1, 0.15) is 5.75 Å². The Labute approximate surface area is 131 Å². The number of hydrogen-bond acceptors (Lipinski definition) is 2. The lowest BCUT2D eigenvalue weighted by atomic mass is 10.0. The molecule has 106 valence electrons. The van der Waals surface area contributed by atoms with Gasteiger partial charge in [0.05, 0.1) is 17.2 Å². The number of carbonyl (C=O) groups is 1. The smallest absolute Gasteiger partial charge is 0.196 e. The standard InChI is InChI=1S/C16H11Cl2NO2/c1-21-9-5-6-14-11(7-9)12(8-19-14)16(20)10-3-2-4-13(17)15(10)18/h2-8,19H,1H3. The summed E-state index contributed by atoms with van der Waals surface area (Å²) in [6, 6.07) is 10.5. The highest BCUT2D eigenvalue weighted by atomic mass is 35.5. The second-order valence-corrected chi connectivity index (χ2v) is 5.33. The minimum absolute atomic E-state index is 0.179. The van der Waals surface area contributed by atoms with Gasteiger partial charge in [0.25, 0.3) is 0 Å². The average molecular weight is 320 g/mol. The van der Waals surface area contributed by atoms with Crippen molar-refractivity contribution < 1.29 is 9.53 Å². The molecule has 1 aromatic heterocycles. The molecule has 0 radical (unpaired) electrons. The van der Waals surface area contributed by atoms with Crippen molar-refractivity contribution >= 4 is 39.9 Å². The van der Waals surface area contributed by atoms with Crippen molar-refractivity contribution in [3.63, 3.8) is 0 Å². The number of aromatic nitrogens is 1. The Bertz CT molecular complexity index is 839. The van der Waals surface area contributed by atoms with Crippen LogP contribution in [0.1, 0.15) is 15.9 Å². The van der Waals surface area contributed by atoms with Crippen molar-refractivity contribution in [1.29, 1.82) is 0 Å². The molecule has 2 aromatic carbocycles. The van der Waals surface area contributed by atoms with Gasteiger partial charge >= 0.3 is 0 Å². The summed E-state index contributed by atoms with van der Waals surface area (Å²) in [7, 11) is 1.59. The lowest BCUT2D eigenvalue weighted by Gasteiger charge is -2.05. The number of hydrogen-bond donors (Lipinski definition) is 1. The summed E-state index contributed by atoms with van der Waals surface area (Å²) in [6.45, 7) is 0. The van der Waals surface area contributed by atoms with E-state index in [-0.39, 0.29) is 10.8 Å². The van der Waals surface area contributed by atoms with Crippen LogP contribution in [0.4, 0.5) is 0 Å². The maximum Gasteiger partial charge on any atom is 0.196 e. The molecule has 0 aliphatic carbocycles. The van der Waals surface area contributed by atoms with E-state index in [2.05, 4.69) is 4.98 Å². The van der Waals surface area contributed by atoms with E-state index < -0.39 is 0 Å². The minimum Gasteiger partial charge on any atom is -0.497 e. The van der Waals surface area contributed by atoms with Crippen LogP contribution in [0.5, 0.6) is 5.75 Å². The molecule has 0 saturated heterocycles. The van der Waals surface area contributed by atoms with Crippen molar-refractivity contribution in [2.75, 3.05) is 7.11 Å². The number of fused-ring (bicyclic) bond motifs is 1. The highest BCUT2D eigenvalue weighted by Gasteiger charge is 2.18. The van der Waals surface area contributed by atoms with Gasteiger partial charge in [-0.05, 0) is 30.3 Å². The fourth-order valence-electron chi connectivity index (χ4n) is 2.24. The first-order valence-corrected chi connectivity index (χ1v) is 7.01. The highest BCUT2D eigenvalue weighted by molar-refractivity contribution is 6.44. The Kier molecular flexibility index (Phi) is 3.62. The maximum atomic E-state index is 12.7. The van der Waals surface area contributed by atoms with E-state index >= 15 is 0 Å². The van der Waals surface area contributed by atoms with Gasteiger partial charge in [0.15, 0.2) is 5.78 Å². The predicted molar refractivity (Wildman–Crippen MR) is 84.7 cm³/mol. The monoisotopic (exact) mass is 319 g/mol. The number of H-pyrrole nitrogens is 1. The summed E-state index contributed by atoms with van der Waals surface area (Å²) in [5, 5.41) is 1.41. The molecule has 3 rings (SSSR count). The summed E-state index contributed by atoms with van der Waals surface area (Å²) in [5.74, 6) is 0.510. The third-order valence-corrected chi connectivity index (χ3v) is 4.15. The van der Waals surface area contributed by atoms with Gasteiger partial charge in [-0.1, -0.05) is 29.3 Å². The fourth-order valence-corrected chi connectivity index (χ4v) is 2.63. The lowest BCUT2D eigenvalue weighted by molar-refractivity contribution is 0.104. The first-order valence-electron chi connectivity index (χ1n) is 6.25. The van der Waals surface area contributed by atoms with E-state index in [0.29, 0.717) is 21.9 Å². The Morgan fingerprint density at radius 1 is 1.14 bits per heavy atom. The third-order valence-electron chi connectivity index (χ3n) is 3.33. The van der Waals surface area contributed by atoms with Gasteiger partial charge in [-0.15, -0.1) is 0 Å². The molecule has 1 N–H and O–H groups in total. The Balaban J connectivity index is 2.15. The number of ketones is 1. The van der Waals surface area contributed by atoms with Crippen molar-refractivity contribution in [3.8, 4) is 5.75 Å². The third kappa shape index (κ3) is 2.39. The molecular weight excluding hydrogens is 309 g/mol. The van der Waals surface area contributed by atoms with E-state index in [0.717, 1.165) is 10.9 Å². The molecule has 0 amide bonds. The van der Waals surface area contributed by atoms with Crippen LogP contribution in [0.2, 0.25) is 10.0 Å². The van der Waals surface area contributed by atoms with E-state index in [1.807, 2.05) is 18.2 Å². The molecule has 3 nitrogen and oxygen atoms in total. The first kappa shape index (κ1) is 14.0. The second-order valence-electron chi connectivity index (χ2n) is 4.54. The Morgan fingerprint density at radius 2 is 1.95 bits per heavy atom. The van der Waals surface area contributed by atoms with Crippen molar-refractivity contribution in [1.82, 2.24) is 4.98 Å². The molecule has 0 fully saturated rings. The Morgan fingerprint density at radius 3 is 2.71 bits per heavy atom. The molecule has 0 aliphatic heterocycles. The number of carbonyl (C=O) groups excluding carboxylic acids is 1. The summed E-state index contributed by atoms with van der Waals surface area (Å²) < 4.78 is 5.20. The molecule has 0 bridgehead atoms. The Hall–Kier alpha value is -1.97. The quantitative estimate of drug-likeness (QED) is 0.710. The largest absolute Gasteiger partial charge is 0.497 e. The summed E-state index contributed by atoms with van der Waals surface area (Å²) in [6.07, 6.45) is 1.67. The maximum absolute atomic E-state index is 12.7. The van der Waals surface area contributed by atoms with Crippen LogP contribution in [0.25, 0.3) is 10.9 Å². The van der Waals surface area contributed by atoms with E-state index in [4.69, 9.17) is 27.9 Å². The number of nitrogens with one attached hydrogen (secondary N) is 1. The van der Waals surface area contributed by atoms with E-state index in [1.165, 1.54) is 0 Å². The SMILES string of the molecule is COc1ccc2[nH]cc(C(=O)c3cccc(Cl)c3Cl)c2c1. The molecule has 0 saturated carbocycles. The zero-order valence-electron chi connectivity index (χ0n) is 11.1. The second kappa shape index (κ2) is 5.43. The van der Waals surface area contributed by atoms with E-state index in [9.17, 15) is 4.79 Å². The molecule has 0 aliphatic rings. The molecule has 0 spiro atoms. The average Bonchev–Trinajstić information content (AvgIpc) is 2.92. The number of benzene rings is 2. The number of aromatic amines is 1. The molecule has 0 atom stereocenters. The molecule has 3 aromatic rings. The van der Waals surface area contributed by atoms with E-state index in [1.54, 1.807) is 31.5 Å².